The molecule has 3 fully saturated rings. The smallest absolute Gasteiger partial charge is 0.402 e. The Kier molecular flexibility index (Phi) is 16.5. The summed E-state index contributed by atoms with van der Waals surface area (Å²) in [6.45, 7) is -2.35. The first-order valence-electron chi connectivity index (χ1n) is 21.5. The van der Waals surface area contributed by atoms with Gasteiger partial charge in [-0.15, -0.1) is 0 Å². The van der Waals surface area contributed by atoms with Crippen LogP contribution in [0.1, 0.15) is 12.0 Å². The Morgan fingerprint density at radius 1 is 0.569 bits per heavy atom. The van der Waals surface area contributed by atoms with Crippen molar-refractivity contribution in [1.82, 2.24) is 0 Å². The number of aliphatic carboxylic acids is 1. The maximum Gasteiger partial charge on any atom is 0.402 e. The number of hydrogen-bond acceptors (Lipinski definition) is 25. The topological polar surface area (TPSA) is 440 Å². The van der Waals surface area contributed by atoms with Gasteiger partial charge < -0.3 is 114 Å². The van der Waals surface area contributed by atoms with Gasteiger partial charge in [-0.3, -0.25) is 9.59 Å². The maximum absolute atomic E-state index is 12.5. The molecule has 0 saturated carbocycles. The van der Waals surface area contributed by atoms with E-state index in [1.165, 1.54) is 24.3 Å². The molecule has 7 rings (SSSR count). The molecule has 0 aliphatic carbocycles. The van der Waals surface area contributed by atoms with E-state index in [2.05, 4.69) is 0 Å². The van der Waals surface area contributed by atoms with Crippen molar-refractivity contribution in [3.8, 4) is 51.6 Å². The number of phenols is 4. The van der Waals surface area contributed by atoms with Gasteiger partial charge in [-0.05, 0) is 35.9 Å². The summed E-state index contributed by atoms with van der Waals surface area (Å²) in [6, 6.07) is 10.3. The summed E-state index contributed by atoms with van der Waals surface area (Å²) in [6.07, 6.45) is -26.4. The highest BCUT2D eigenvalue weighted by molar-refractivity contribution is 5.90. The summed E-state index contributed by atoms with van der Waals surface area (Å²) in [4.78, 5) is 35.4. The molecule has 0 bridgehead atoms. The van der Waals surface area contributed by atoms with Crippen LogP contribution in [0.5, 0.6) is 40.2 Å². The molecule has 3 aliphatic rings. The largest absolute Gasteiger partial charge is 0.507 e. The molecule has 0 spiro atoms. The number of phenolic OH excluding ortho intramolecular Hbond substituents is 4. The van der Waals surface area contributed by atoms with Crippen LogP contribution in [0.15, 0.2) is 65.1 Å². The minimum atomic E-state index is -2.07. The quantitative estimate of drug-likeness (QED) is 0.0175. The number of benzene rings is 3. The fourth-order valence-electron chi connectivity index (χ4n) is 7.50. The first-order valence-corrected chi connectivity index (χ1v) is 21.5. The van der Waals surface area contributed by atoms with E-state index in [4.69, 9.17) is 47.4 Å². The van der Waals surface area contributed by atoms with Crippen LogP contribution in [-0.4, -0.2) is 206 Å². The van der Waals surface area contributed by atoms with Crippen LogP contribution >= 0.6 is 0 Å². The van der Waals surface area contributed by atoms with Crippen LogP contribution in [0.4, 0.5) is 0 Å². The highest BCUT2D eigenvalue weighted by Crippen LogP contribution is 2.44. The second-order valence-corrected chi connectivity index (χ2v) is 16.5. The average Bonchev–Trinajstić information content (AvgIpc) is 3.34. The number of aromatic hydroxyl groups is 4. The molecule has 27 nitrogen and oxygen atoms in total. The molecular formula is C45H49O27+. The van der Waals surface area contributed by atoms with Gasteiger partial charge in [0, 0.05) is 24.3 Å². The molecule has 4 heterocycles. The molecule has 15 atom stereocenters. The molecule has 27 heteroatoms. The lowest BCUT2D eigenvalue weighted by molar-refractivity contribution is -0.278. The Morgan fingerprint density at radius 2 is 1.12 bits per heavy atom. The first kappa shape index (κ1) is 53.1. The molecule has 3 saturated heterocycles. The Bertz CT molecular complexity index is 2620. The van der Waals surface area contributed by atoms with Gasteiger partial charge in [-0.25, -0.2) is 9.21 Å². The fourth-order valence-corrected chi connectivity index (χ4v) is 7.50. The van der Waals surface area contributed by atoms with Gasteiger partial charge >= 0.3 is 29.3 Å². The number of ether oxygens (including phenoxy) is 8. The number of rotatable bonds is 16. The van der Waals surface area contributed by atoms with E-state index < -0.39 is 171 Å². The van der Waals surface area contributed by atoms with Crippen LogP contribution in [-0.2, 0) is 38.1 Å². The Hall–Kier alpha value is -6.70. The summed E-state index contributed by atoms with van der Waals surface area (Å²) in [7, 11) is 0. The monoisotopic (exact) mass is 1020 g/mol. The Morgan fingerprint density at radius 3 is 1.72 bits per heavy atom. The number of aliphatic hydroxyl groups is 10. The van der Waals surface area contributed by atoms with Crippen LogP contribution in [0, 0.1) is 0 Å². The number of esters is 2. The molecule has 15 N–H and O–H groups in total. The predicted octanol–water partition coefficient (Wildman–Crippen LogP) is -2.97. The molecule has 3 aliphatic heterocycles. The number of carbonyl (C=O) groups is 3. The van der Waals surface area contributed by atoms with Gasteiger partial charge in [0.15, 0.2) is 23.0 Å². The fraction of sp³-hybridized carbons (Fsp3) is 0.422. The third kappa shape index (κ3) is 11.8. The Balaban J connectivity index is 1.19. The van der Waals surface area contributed by atoms with E-state index in [0.717, 1.165) is 42.5 Å². The van der Waals surface area contributed by atoms with Crippen molar-refractivity contribution < 1.29 is 133 Å². The van der Waals surface area contributed by atoms with Crippen LogP contribution in [0.3, 0.4) is 0 Å². The van der Waals surface area contributed by atoms with Crippen molar-refractivity contribution >= 4 is 35.0 Å². The Labute approximate surface area is 403 Å². The third-order valence-corrected chi connectivity index (χ3v) is 11.5. The van der Waals surface area contributed by atoms with Gasteiger partial charge in [-0.1, -0.05) is 6.07 Å². The maximum atomic E-state index is 12.5. The molecular weight excluding hydrogens is 972 g/mol. The molecule has 0 radical (unpaired) electrons. The van der Waals surface area contributed by atoms with Gasteiger partial charge in [0.2, 0.25) is 24.6 Å². The number of carboxylic acids is 1. The van der Waals surface area contributed by atoms with Crippen molar-refractivity contribution in [1.29, 1.82) is 0 Å². The van der Waals surface area contributed by atoms with E-state index in [9.17, 15) is 85.9 Å². The molecule has 6 unspecified atom stereocenters. The van der Waals surface area contributed by atoms with Crippen LogP contribution < -0.4 is 14.2 Å². The number of aliphatic hydroxyl groups excluding tert-OH is 10. The molecule has 390 valence electrons. The molecule has 1 aromatic heterocycles. The zero-order valence-corrected chi connectivity index (χ0v) is 36.9. The van der Waals surface area contributed by atoms with Crippen molar-refractivity contribution in [2.75, 3.05) is 19.8 Å². The van der Waals surface area contributed by atoms with Gasteiger partial charge in [0.05, 0.1) is 18.2 Å². The molecule has 4 aromatic rings. The van der Waals surface area contributed by atoms with Crippen molar-refractivity contribution in [2.45, 2.75) is 98.5 Å². The first-order chi connectivity index (χ1) is 34.1. The normalized spacial score (nSPS) is 30.7. The lowest BCUT2D eigenvalue weighted by Gasteiger charge is -2.39. The van der Waals surface area contributed by atoms with E-state index in [1.807, 2.05) is 0 Å². The van der Waals surface area contributed by atoms with E-state index in [1.54, 1.807) is 0 Å². The minimum Gasteiger partial charge on any atom is -0.507 e. The van der Waals surface area contributed by atoms with Gasteiger partial charge in [-0.2, -0.15) is 0 Å². The number of carboxylic acid groups (broad SMARTS) is 1. The molecule has 72 heavy (non-hydrogen) atoms. The zero-order chi connectivity index (χ0) is 52.3. The minimum absolute atomic E-state index is 0.100. The summed E-state index contributed by atoms with van der Waals surface area (Å²) in [5, 5.41) is 156. The second-order valence-electron chi connectivity index (χ2n) is 16.5. The summed E-state index contributed by atoms with van der Waals surface area (Å²) < 4.78 is 50.4. The van der Waals surface area contributed by atoms with Crippen molar-refractivity contribution in [2.24, 2.45) is 0 Å². The lowest BCUT2D eigenvalue weighted by Crippen LogP contribution is -2.60. The molecule has 3 aromatic carbocycles. The lowest BCUT2D eigenvalue weighted by atomic mass is 9.99. The van der Waals surface area contributed by atoms with Crippen LogP contribution in [0.2, 0.25) is 0 Å². The summed E-state index contributed by atoms with van der Waals surface area (Å²) in [5.74, 6) is -7.46. The second kappa shape index (κ2) is 22.4. The predicted molar refractivity (Wildman–Crippen MR) is 231 cm³/mol. The highest BCUT2D eigenvalue weighted by atomic mass is 16.7. The standard InChI is InChI=1S/C45H48O27/c46-13-27-33(55)36(58)40(62)44(70-27)68-25-8-17(3-5-21(25)48)42-26(69-45-41(63)38(60)35(57)29(72-45)15-65-32(54)12-30(51)52)11-19-22(49)9-18(10-24(19)67-42)66-43-39(61)37(59)34(56)28(71-43)14-64-31(53)6-2-16-1-4-20(47)23(50)7-16/h1-11,27-29,33-41,43-46,55-63H,12-15H2,(H4-,47,48,49,50,51,52,53)/p+1/t27?,28?,29?,33-,34-,35-,36+,37+,38+,39?,40?,41?,43-,44-,45-/m1/s1. The third-order valence-electron chi connectivity index (χ3n) is 11.5. The number of carbonyl (C=O) groups excluding carboxylic acids is 2. The highest BCUT2D eigenvalue weighted by Gasteiger charge is 2.49. The van der Waals surface area contributed by atoms with E-state index in [-0.39, 0.29) is 28.0 Å². The van der Waals surface area contributed by atoms with Gasteiger partial charge in [0.1, 0.15) is 110 Å². The van der Waals surface area contributed by atoms with E-state index >= 15 is 0 Å². The summed E-state index contributed by atoms with van der Waals surface area (Å²) in [5.41, 5.74) is -0.0650. The number of fused-ring (bicyclic) bond motifs is 1. The summed E-state index contributed by atoms with van der Waals surface area (Å²) >= 11 is 0. The van der Waals surface area contributed by atoms with Gasteiger partial charge in [0.25, 0.3) is 0 Å². The van der Waals surface area contributed by atoms with Crippen molar-refractivity contribution in [3.63, 3.8) is 0 Å². The van der Waals surface area contributed by atoms with Crippen LogP contribution in [0.25, 0.3) is 28.4 Å². The average molecular weight is 1020 g/mol. The zero-order valence-electron chi connectivity index (χ0n) is 36.9. The SMILES string of the molecule is O=C(O)CC(=O)OCC1O[C@@H](Oc2cc3c(O)cc(O[C@@H]4OC(COC(=O)/C=C/c5ccc(O)c(O)c5)[C@@H](O)[C@H](O)C4O)cc3[o+]c2-c2ccc(O)c(O[C@@H]3OC(CO)[C@@H](O)[C@H](O)C3O)c2)C(O)[C@@H](O)[C@@H]1O. The van der Waals surface area contributed by atoms with E-state index in [0.29, 0.717) is 5.56 Å². The van der Waals surface area contributed by atoms with Crippen molar-refractivity contribution in [3.05, 3.63) is 66.2 Å². The number of hydrogen-bond donors (Lipinski definition) is 15. The molecule has 0 amide bonds.